The van der Waals surface area contributed by atoms with Crippen LogP contribution in [0.2, 0.25) is 0 Å². The van der Waals surface area contributed by atoms with Gasteiger partial charge in [0.25, 0.3) is 11.8 Å². The molecule has 3 aromatic carbocycles. The molecule has 14 nitrogen and oxygen atoms in total. The number of amides is 4. The number of anilines is 3. The van der Waals surface area contributed by atoms with E-state index in [1.54, 1.807) is 35.2 Å². The van der Waals surface area contributed by atoms with Gasteiger partial charge in [0, 0.05) is 86.4 Å². The normalized spacial score (nSPS) is 21.4. The molecule has 0 spiro atoms. The Morgan fingerprint density at radius 2 is 1.74 bits per heavy atom. The number of ether oxygens (including phenoxy) is 1. The number of urea groups is 1. The molecule has 4 N–H and O–H groups in total. The van der Waals surface area contributed by atoms with Crippen molar-refractivity contribution in [1.29, 1.82) is 0 Å². The molecule has 2 atom stereocenters. The van der Waals surface area contributed by atoms with Crippen LogP contribution >= 0.6 is 0 Å². The molecule has 4 aliphatic rings. The number of likely N-dealkylation sites (tertiary alicyclic amines) is 2. The number of para-hydroxylation sites is 1. The number of hydrogen-bond acceptors (Lipinski definition) is 10. The number of fused-ring (bicyclic) bond motifs is 1. The zero-order chi connectivity index (χ0) is 43.3. The number of carbonyl (C=O) groups is 3. The van der Waals surface area contributed by atoms with Crippen molar-refractivity contribution in [3.05, 3.63) is 95.2 Å². The molecule has 0 aliphatic carbocycles. The van der Waals surface area contributed by atoms with E-state index in [9.17, 15) is 19.5 Å². The molecule has 5 aromatic rings. The minimum atomic E-state index is -3.04. The van der Waals surface area contributed by atoms with Gasteiger partial charge >= 0.3 is 6.03 Å². The highest BCUT2D eigenvalue weighted by Crippen LogP contribution is 2.39. The van der Waals surface area contributed by atoms with Crippen LogP contribution in [0, 0.1) is 19.8 Å². The van der Waals surface area contributed by atoms with Crippen LogP contribution in [-0.4, -0.2) is 112 Å². The summed E-state index contributed by atoms with van der Waals surface area (Å²) >= 11 is 0. The second kappa shape index (κ2) is 16.6. The number of benzene rings is 3. The van der Waals surface area contributed by atoms with Crippen LogP contribution in [0.5, 0.6) is 5.75 Å². The van der Waals surface area contributed by atoms with Crippen LogP contribution in [0.4, 0.5) is 30.8 Å². The lowest BCUT2D eigenvalue weighted by molar-refractivity contribution is -0.120. The lowest BCUT2D eigenvalue weighted by Gasteiger charge is -2.42. The van der Waals surface area contributed by atoms with E-state index in [1.807, 2.05) is 43.3 Å². The third-order valence-electron chi connectivity index (χ3n) is 13.1. The van der Waals surface area contributed by atoms with E-state index in [-0.39, 0.29) is 55.6 Å². The lowest BCUT2D eigenvalue weighted by atomic mass is 9.90. The van der Waals surface area contributed by atoms with Crippen molar-refractivity contribution in [2.45, 2.75) is 57.6 Å². The number of nitrogens with zero attached hydrogens (tertiary/aromatic N) is 7. The van der Waals surface area contributed by atoms with Crippen LogP contribution in [0.1, 0.15) is 65.0 Å². The molecule has 0 bridgehead atoms. The number of nitrogen functional groups attached to an aromatic ring is 1. The fraction of sp³-hybridized carbons (Fsp3) is 0.413. The molecule has 4 saturated heterocycles. The molecule has 16 heteroatoms. The van der Waals surface area contributed by atoms with E-state index in [4.69, 9.17) is 10.5 Å². The summed E-state index contributed by atoms with van der Waals surface area (Å²) in [6, 6.07) is 21.7. The maximum Gasteiger partial charge on any atom is 0.328 e. The van der Waals surface area contributed by atoms with Crippen LogP contribution in [0.25, 0.3) is 22.2 Å². The quantitative estimate of drug-likeness (QED) is 0.158. The summed E-state index contributed by atoms with van der Waals surface area (Å²) in [6.45, 7) is 6.94. The van der Waals surface area contributed by atoms with Gasteiger partial charge in [0.2, 0.25) is 5.91 Å². The topological polar surface area (TPSA) is 162 Å². The van der Waals surface area contributed by atoms with Crippen molar-refractivity contribution in [1.82, 2.24) is 29.9 Å². The highest BCUT2D eigenvalue weighted by molar-refractivity contribution is 6.09. The minimum Gasteiger partial charge on any atom is -0.507 e. The highest BCUT2D eigenvalue weighted by atomic mass is 19.3. The number of piperidine rings is 2. The number of aromatic hydroxyl groups is 1. The van der Waals surface area contributed by atoms with Crippen LogP contribution in [0.15, 0.2) is 72.8 Å². The zero-order valence-corrected chi connectivity index (χ0v) is 34.9. The first-order chi connectivity index (χ1) is 29.8. The molecule has 0 saturated carbocycles. The predicted octanol–water partition coefficient (Wildman–Crippen LogP) is 6.46. The first-order valence-electron chi connectivity index (χ1n) is 21.3. The number of nitrogens with two attached hydrogens (primary N) is 1. The van der Waals surface area contributed by atoms with E-state index in [1.165, 1.54) is 4.90 Å². The van der Waals surface area contributed by atoms with Crippen molar-refractivity contribution in [2.75, 3.05) is 74.5 Å². The number of rotatable bonds is 8. The van der Waals surface area contributed by atoms with Gasteiger partial charge in [-0.25, -0.2) is 13.6 Å². The van der Waals surface area contributed by atoms with Gasteiger partial charge in [0.05, 0.1) is 35.7 Å². The number of alkyl halides is 2. The molecular formula is C46H51F2N9O5. The Hall–Kier alpha value is -6.13. The number of phenols is 1. The van der Waals surface area contributed by atoms with Gasteiger partial charge in [0.15, 0.2) is 5.82 Å². The van der Waals surface area contributed by atoms with E-state index in [0.717, 1.165) is 46.3 Å². The number of hydrogen-bond donors (Lipinski definition) is 3. The molecule has 324 valence electrons. The molecule has 0 radical (unpaired) electrons. The van der Waals surface area contributed by atoms with Crippen molar-refractivity contribution >= 4 is 45.9 Å². The smallest absolute Gasteiger partial charge is 0.328 e. The summed E-state index contributed by atoms with van der Waals surface area (Å²) in [5.74, 6) is -4.25. The fourth-order valence-electron chi connectivity index (χ4n) is 9.81. The second-order valence-electron chi connectivity index (χ2n) is 17.0. The summed E-state index contributed by atoms with van der Waals surface area (Å²) in [5.41, 5.74) is 12.9. The van der Waals surface area contributed by atoms with Crippen molar-refractivity contribution in [2.24, 2.45) is 5.92 Å². The first kappa shape index (κ1) is 41.2. The summed E-state index contributed by atoms with van der Waals surface area (Å²) in [7, 11) is 0. The van der Waals surface area contributed by atoms with Gasteiger partial charge in [-0.05, 0) is 92.8 Å². The number of phenolic OH excluding ortho intramolecular Hbond substituents is 1. The highest BCUT2D eigenvalue weighted by Gasteiger charge is 2.47. The Balaban J connectivity index is 0.806. The monoisotopic (exact) mass is 847 g/mol. The molecular weight excluding hydrogens is 797 g/mol. The molecule has 4 amide bonds. The van der Waals surface area contributed by atoms with Gasteiger partial charge in [-0.3, -0.25) is 19.8 Å². The number of halogens is 2. The lowest BCUT2D eigenvalue weighted by Crippen LogP contribution is -2.54. The Morgan fingerprint density at radius 1 is 0.935 bits per heavy atom. The summed E-state index contributed by atoms with van der Waals surface area (Å²) in [5, 5.41) is 22.1. The Morgan fingerprint density at radius 3 is 2.50 bits per heavy atom. The number of imide groups is 1. The van der Waals surface area contributed by atoms with Gasteiger partial charge < -0.3 is 34.8 Å². The van der Waals surface area contributed by atoms with E-state index >= 15 is 8.78 Å². The van der Waals surface area contributed by atoms with E-state index in [0.29, 0.717) is 61.8 Å². The molecule has 62 heavy (non-hydrogen) atoms. The third kappa shape index (κ3) is 7.92. The average molecular weight is 848 g/mol. The second-order valence-corrected chi connectivity index (χ2v) is 17.0. The van der Waals surface area contributed by atoms with Crippen LogP contribution < -0.4 is 20.9 Å². The summed E-state index contributed by atoms with van der Waals surface area (Å²) in [4.78, 5) is 45.3. The largest absolute Gasteiger partial charge is 0.507 e. The molecule has 4 fully saturated rings. The molecule has 9 rings (SSSR count). The van der Waals surface area contributed by atoms with Crippen LogP contribution in [-0.2, 0) is 9.53 Å². The van der Waals surface area contributed by atoms with Crippen molar-refractivity contribution < 1.29 is 33.0 Å². The van der Waals surface area contributed by atoms with Gasteiger partial charge in [-0.1, -0.05) is 24.3 Å². The van der Waals surface area contributed by atoms with Gasteiger partial charge in [-0.15, -0.1) is 10.2 Å². The van der Waals surface area contributed by atoms with Gasteiger partial charge in [0.1, 0.15) is 11.9 Å². The maximum atomic E-state index is 15.9. The summed E-state index contributed by atoms with van der Waals surface area (Å²) in [6.07, 6.45) is 1.70. The SMILES string of the molecule is Cc1cc(C(=O)N2CC[C@@H](CN3CCC(n4c(C)cc5c(N6CCC(=O)NC6=O)cccc54)CC3)C(F)(F)C2)ccc1[C@@H]1CN(c2cc(-c3ccccc3O)nnc2N)CCO1. The van der Waals surface area contributed by atoms with Crippen molar-refractivity contribution in [3.8, 4) is 17.0 Å². The van der Waals surface area contributed by atoms with E-state index in [2.05, 4.69) is 42.9 Å². The number of carbonyl (C=O) groups excluding carboxylic acids is 3. The number of nitrogens with one attached hydrogen (secondary N) is 1. The van der Waals surface area contributed by atoms with Gasteiger partial charge in [-0.2, -0.15) is 0 Å². The molecule has 6 heterocycles. The minimum absolute atomic E-state index is 0.0890. The Kier molecular flexibility index (Phi) is 11.1. The third-order valence-corrected chi connectivity index (χ3v) is 13.1. The first-order valence-corrected chi connectivity index (χ1v) is 21.3. The fourth-order valence-corrected chi connectivity index (χ4v) is 9.81. The number of aromatic nitrogens is 3. The number of aryl methyl sites for hydroxylation is 2. The predicted molar refractivity (Wildman–Crippen MR) is 231 cm³/mol. The Bertz CT molecular complexity index is 2540. The average Bonchev–Trinajstić information content (AvgIpc) is 3.60. The standard InChI is InChI=1S/C46H51F2N9O5/c1-28-22-30(10-11-33(28)41-26-54(20-21-62-41)39-24-36(51-52-43(39)49)34-6-3-4-9-40(34)58)44(60)55-18-12-31(46(47,48)27-55)25-53-16-13-32(14-17-53)57-29(2)23-35-37(7-5-8-38(35)57)56-19-15-42(59)50-45(56)61/h3-11,22-24,31-32,41,58H,12-21,25-27H2,1-2H3,(H2,49,52)(H,50,59,61)/t31-,41-/m0/s1. The summed E-state index contributed by atoms with van der Waals surface area (Å²) < 4.78 is 40.3. The van der Waals surface area contributed by atoms with Crippen LogP contribution in [0.3, 0.4) is 0 Å². The zero-order valence-electron chi connectivity index (χ0n) is 34.9. The Labute approximate surface area is 358 Å². The van der Waals surface area contributed by atoms with E-state index < -0.39 is 30.3 Å². The molecule has 0 unspecified atom stereocenters. The molecule has 4 aliphatic heterocycles. The maximum absolute atomic E-state index is 15.9. The number of morpholine rings is 1. The van der Waals surface area contributed by atoms with Crippen molar-refractivity contribution in [3.63, 3.8) is 0 Å². The molecule has 2 aromatic heterocycles.